The Kier molecular flexibility index (Phi) is 8.87. The number of likely N-dealkylation sites (N-methyl/N-ethyl adjacent to an activating group) is 1. The number of likely N-dealkylation sites (tertiary alicyclic amines) is 1. The molecule has 1 aromatic rings. The summed E-state index contributed by atoms with van der Waals surface area (Å²) in [6.07, 6.45) is 2.28. The SMILES string of the molecule is CCN1CCN(c2ccc(C(=O)N3CC[C@@H]4CNC[C@@H]4CC3)cc2)CC1.Cl.Cl. The summed E-state index contributed by atoms with van der Waals surface area (Å²) in [7, 11) is 0. The Balaban J connectivity index is 0.00000140. The van der Waals surface area contributed by atoms with Gasteiger partial charge in [0.25, 0.3) is 5.91 Å². The van der Waals surface area contributed by atoms with Gasteiger partial charge in [-0.05, 0) is 68.6 Å². The number of benzene rings is 1. The second kappa shape index (κ2) is 10.7. The topological polar surface area (TPSA) is 38.8 Å². The van der Waals surface area contributed by atoms with E-state index in [1.54, 1.807) is 0 Å². The fraction of sp³-hybridized carbons (Fsp3) is 0.667. The van der Waals surface area contributed by atoms with Crippen LogP contribution in [0.5, 0.6) is 0 Å². The van der Waals surface area contributed by atoms with E-state index in [0.29, 0.717) is 0 Å². The Morgan fingerprint density at radius 2 is 1.50 bits per heavy atom. The van der Waals surface area contributed by atoms with Crippen molar-refractivity contribution in [1.82, 2.24) is 15.1 Å². The number of fused-ring (bicyclic) bond motifs is 1. The van der Waals surface area contributed by atoms with Gasteiger partial charge in [-0.15, -0.1) is 24.8 Å². The van der Waals surface area contributed by atoms with Gasteiger partial charge in [0.15, 0.2) is 0 Å². The summed E-state index contributed by atoms with van der Waals surface area (Å²) in [5, 5.41) is 3.50. The first-order valence-corrected chi connectivity index (χ1v) is 10.3. The highest BCUT2D eigenvalue weighted by atomic mass is 35.5. The van der Waals surface area contributed by atoms with Gasteiger partial charge < -0.3 is 20.0 Å². The number of nitrogens with zero attached hydrogens (tertiary/aromatic N) is 3. The van der Waals surface area contributed by atoms with Crippen molar-refractivity contribution >= 4 is 36.4 Å². The molecule has 0 unspecified atom stereocenters. The minimum atomic E-state index is 0. The number of nitrogens with one attached hydrogen (secondary N) is 1. The van der Waals surface area contributed by atoms with E-state index in [9.17, 15) is 4.79 Å². The molecule has 1 aromatic carbocycles. The van der Waals surface area contributed by atoms with Crippen LogP contribution in [0.2, 0.25) is 0 Å². The van der Waals surface area contributed by atoms with Gasteiger partial charge in [-0.3, -0.25) is 4.79 Å². The molecule has 0 aliphatic carbocycles. The Hall–Kier alpha value is -1.01. The van der Waals surface area contributed by atoms with Gasteiger partial charge in [0.1, 0.15) is 0 Å². The van der Waals surface area contributed by atoms with Crippen LogP contribution in [0, 0.1) is 11.8 Å². The largest absolute Gasteiger partial charge is 0.369 e. The molecule has 0 aromatic heterocycles. The average Bonchev–Trinajstić information content (AvgIpc) is 3.06. The third-order valence-electron chi connectivity index (χ3n) is 6.61. The smallest absolute Gasteiger partial charge is 0.253 e. The molecule has 0 bridgehead atoms. The lowest BCUT2D eigenvalue weighted by Crippen LogP contribution is -2.46. The molecule has 0 radical (unpaired) electrons. The van der Waals surface area contributed by atoms with Crippen LogP contribution >= 0.6 is 24.8 Å². The second-order valence-corrected chi connectivity index (χ2v) is 8.02. The summed E-state index contributed by atoms with van der Waals surface area (Å²) in [4.78, 5) is 19.9. The van der Waals surface area contributed by atoms with Crippen molar-refractivity contribution in [2.24, 2.45) is 11.8 Å². The van der Waals surface area contributed by atoms with Crippen molar-refractivity contribution in [1.29, 1.82) is 0 Å². The molecule has 3 aliphatic heterocycles. The fourth-order valence-electron chi connectivity index (χ4n) is 4.74. The maximum atomic E-state index is 12.9. The van der Waals surface area contributed by atoms with E-state index in [4.69, 9.17) is 0 Å². The molecule has 4 rings (SSSR count). The zero-order chi connectivity index (χ0) is 17.9. The molecule has 0 spiro atoms. The molecule has 3 fully saturated rings. The van der Waals surface area contributed by atoms with Crippen molar-refractivity contribution in [3.05, 3.63) is 29.8 Å². The molecule has 158 valence electrons. The zero-order valence-corrected chi connectivity index (χ0v) is 18.4. The summed E-state index contributed by atoms with van der Waals surface area (Å²) < 4.78 is 0. The number of halogens is 2. The van der Waals surface area contributed by atoms with Crippen LogP contribution < -0.4 is 10.2 Å². The van der Waals surface area contributed by atoms with Crippen molar-refractivity contribution in [3.8, 4) is 0 Å². The number of piperazine rings is 1. The van der Waals surface area contributed by atoms with E-state index >= 15 is 0 Å². The lowest BCUT2D eigenvalue weighted by molar-refractivity contribution is 0.0758. The van der Waals surface area contributed by atoms with Gasteiger partial charge in [0.05, 0.1) is 0 Å². The molecule has 3 saturated heterocycles. The normalized spacial score (nSPS) is 25.3. The highest BCUT2D eigenvalue weighted by Crippen LogP contribution is 2.28. The van der Waals surface area contributed by atoms with Crippen LogP contribution in [-0.2, 0) is 0 Å². The number of carbonyl (C=O) groups is 1. The number of hydrogen-bond donors (Lipinski definition) is 1. The van der Waals surface area contributed by atoms with E-state index < -0.39 is 0 Å². The summed E-state index contributed by atoms with van der Waals surface area (Å²) in [5.74, 6) is 1.73. The molecule has 28 heavy (non-hydrogen) atoms. The van der Waals surface area contributed by atoms with Crippen LogP contribution in [0.3, 0.4) is 0 Å². The Morgan fingerprint density at radius 1 is 0.929 bits per heavy atom. The van der Waals surface area contributed by atoms with Crippen LogP contribution in [-0.4, -0.2) is 74.6 Å². The van der Waals surface area contributed by atoms with Crippen LogP contribution in [0.15, 0.2) is 24.3 Å². The average molecular weight is 429 g/mol. The quantitative estimate of drug-likeness (QED) is 0.802. The van der Waals surface area contributed by atoms with Gasteiger partial charge in [0, 0.05) is 50.5 Å². The third kappa shape index (κ3) is 5.12. The van der Waals surface area contributed by atoms with Crippen LogP contribution in [0.4, 0.5) is 5.69 Å². The van der Waals surface area contributed by atoms with Crippen molar-refractivity contribution in [3.63, 3.8) is 0 Å². The van der Waals surface area contributed by atoms with Crippen LogP contribution in [0.25, 0.3) is 0 Å². The first-order valence-electron chi connectivity index (χ1n) is 10.3. The van der Waals surface area contributed by atoms with E-state index in [1.807, 2.05) is 12.1 Å². The van der Waals surface area contributed by atoms with E-state index in [-0.39, 0.29) is 30.7 Å². The zero-order valence-electron chi connectivity index (χ0n) is 16.8. The lowest BCUT2D eigenvalue weighted by atomic mass is 9.92. The van der Waals surface area contributed by atoms with E-state index in [1.165, 1.54) is 5.69 Å². The number of rotatable bonds is 3. The number of amides is 1. The lowest BCUT2D eigenvalue weighted by Gasteiger charge is -2.35. The summed E-state index contributed by atoms with van der Waals surface area (Å²) >= 11 is 0. The maximum absolute atomic E-state index is 12.9. The Bertz CT molecular complexity index is 605. The molecule has 7 heteroatoms. The predicted octanol–water partition coefficient (Wildman–Crippen LogP) is 2.74. The minimum Gasteiger partial charge on any atom is -0.369 e. The molecule has 3 heterocycles. The fourth-order valence-corrected chi connectivity index (χ4v) is 4.74. The Morgan fingerprint density at radius 3 is 2.04 bits per heavy atom. The first kappa shape index (κ1) is 23.3. The number of carbonyl (C=O) groups excluding carboxylic acids is 1. The van der Waals surface area contributed by atoms with Gasteiger partial charge in [0.2, 0.25) is 0 Å². The monoisotopic (exact) mass is 428 g/mol. The van der Waals surface area contributed by atoms with Crippen molar-refractivity contribution in [2.75, 3.05) is 63.8 Å². The highest BCUT2D eigenvalue weighted by Gasteiger charge is 2.31. The summed E-state index contributed by atoms with van der Waals surface area (Å²) in [6, 6.07) is 8.31. The highest BCUT2D eigenvalue weighted by molar-refractivity contribution is 5.94. The number of hydrogen-bond acceptors (Lipinski definition) is 4. The minimum absolute atomic E-state index is 0. The second-order valence-electron chi connectivity index (χ2n) is 8.02. The third-order valence-corrected chi connectivity index (χ3v) is 6.61. The first-order chi connectivity index (χ1) is 12.7. The van der Waals surface area contributed by atoms with E-state index in [0.717, 1.165) is 89.1 Å². The van der Waals surface area contributed by atoms with E-state index in [2.05, 4.69) is 39.1 Å². The molecular weight excluding hydrogens is 395 g/mol. The van der Waals surface area contributed by atoms with Crippen LogP contribution in [0.1, 0.15) is 30.1 Å². The molecule has 5 nitrogen and oxygen atoms in total. The number of anilines is 1. The molecule has 3 aliphatic rings. The predicted molar refractivity (Wildman–Crippen MR) is 120 cm³/mol. The molecule has 2 atom stereocenters. The standard InChI is InChI=1S/C21H32N4O.2ClH/c1-2-23-11-13-24(14-12-23)20-5-3-17(4-6-20)21(26)25-9-7-18-15-22-16-19(18)8-10-25;;/h3-6,18-19,22H,2,7-16H2,1H3;2*1H/t18-,19+;;. The van der Waals surface area contributed by atoms with Gasteiger partial charge in [-0.2, -0.15) is 0 Å². The molecule has 1 N–H and O–H groups in total. The van der Waals surface area contributed by atoms with Gasteiger partial charge in [-0.25, -0.2) is 0 Å². The molecule has 1 amide bonds. The van der Waals surface area contributed by atoms with Gasteiger partial charge >= 0.3 is 0 Å². The summed E-state index contributed by atoms with van der Waals surface area (Å²) in [5.41, 5.74) is 2.08. The Labute approximate surface area is 181 Å². The summed E-state index contributed by atoms with van der Waals surface area (Å²) in [6.45, 7) is 11.8. The van der Waals surface area contributed by atoms with Gasteiger partial charge in [-0.1, -0.05) is 6.92 Å². The van der Waals surface area contributed by atoms with Crippen molar-refractivity contribution in [2.45, 2.75) is 19.8 Å². The molecule has 0 saturated carbocycles. The molecular formula is C21H34Cl2N4O. The van der Waals surface area contributed by atoms with Crippen molar-refractivity contribution < 1.29 is 4.79 Å². The maximum Gasteiger partial charge on any atom is 0.253 e.